The Hall–Kier alpha value is -0.530. The average Bonchev–Trinajstić information content (AvgIpc) is 2.91. The third-order valence-electron chi connectivity index (χ3n) is 4.89. The van der Waals surface area contributed by atoms with E-state index in [1.165, 1.54) is 64.2 Å². The van der Waals surface area contributed by atoms with Crippen LogP contribution >= 0.6 is 0 Å². The second-order valence-electron chi connectivity index (χ2n) is 9.16. The molecule has 1 aliphatic rings. The molecule has 0 amide bonds. The maximum absolute atomic E-state index is 6.07. The van der Waals surface area contributed by atoms with Crippen LogP contribution in [-0.4, -0.2) is 18.5 Å². The molecule has 0 bridgehead atoms. The standard InChI is InChI=1S/C22H43NO/c1-6-7-8-9-10-11-12-13-14-15-21-23-18-20(24-21)16-19(2)17-22(3,4)5/h19-20H,6-18H2,1-5H3/t19-,20-/m1/s1. The van der Waals surface area contributed by atoms with E-state index in [2.05, 4.69) is 39.6 Å². The van der Waals surface area contributed by atoms with Crippen LogP contribution in [0.25, 0.3) is 0 Å². The zero-order valence-corrected chi connectivity index (χ0v) is 17.2. The highest BCUT2D eigenvalue weighted by Gasteiger charge is 2.24. The molecule has 2 heteroatoms. The first-order valence-corrected chi connectivity index (χ1v) is 10.6. The highest BCUT2D eigenvalue weighted by molar-refractivity contribution is 5.77. The van der Waals surface area contributed by atoms with Crippen molar-refractivity contribution in [1.29, 1.82) is 0 Å². The lowest BCUT2D eigenvalue weighted by atomic mass is 9.83. The number of rotatable bonds is 13. The van der Waals surface area contributed by atoms with E-state index in [0.717, 1.165) is 31.2 Å². The van der Waals surface area contributed by atoms with E-state index >= 15 is 0 Å². The topological polar surface area (TPSA) is 21.6 Å². The van der Waals surface area contributed by atoms with Gasteiger partial charge in [-0.05, 0) is 30.6 Å². The quantitative estimate of drug-likeness (QED) is 0.326. The summed E-state index contributed by atoms with van der Waals surface area (Å²) in [6, 6.07) is 0. The number of hydrogen-bond acceptors (Lipinski definition) is 2. The van der Waals surface area contributed by atoms with Crippen molar-refractivity contribution in [2.45, 2.75) is 118 Å². The molecule has 0 aromatic rings. The molecule has 2 atom stereocenters. The fourth-order valence-corrected chi connectivity index (χ4v) is 3.90. The molecule has 0 aromatic carbocycles. The van der Waals surface area contributed by atoms with E-state index < -0.39 is 0 Å². The van der Waals surface area contributed by atoms with Crippen LogP contribution in [0.1, 0.15) is 112 Å². The van der Waals surface area contributed by atoms with Crippen LogP contribution in [0.5, 0.6) is 0 Å². The van der Waals surface area contributed by atoms with Crippen molar-refractivity contribution in [2.75, 3.05) is 6.54 Å². The molecular weight excluding hydrogens is 294 g/mol. The van der Waals surface area contributed by atoms with Gasteiger partial charge >= 0.3 is 0 Å². The number of unbranched alkanes of at least 4 members (excludes halogenated alkanes) is 8. The lowest BCUT2D eigenvalue weighted by Gasteiger charge is -2.24. The van der Waals surface area contributed by atoms with Crippen molar-refractivity contribution >= 4 is 5.90 Å². The summed E-state index contributed by atoms with van der Waals surface area (Å²) >= 11 is 0. The van der Waals surface area contributed by atoms with Crippen LogP contribution in [0.3, 0.4) is 0 Å². The summed E-state index contributed by atoms with van der Waals surface area (Å²) < 4.78 is 6.07. The maximum Gasteiger partial charge on any atom is 0.183 e. The Bertz CT molecular complexity index is 342. The summed E-state index contributed by atoms with van der Waals surface area (Å²) in [4.78, 5) is 4.63. The number of aliphatic imine (C=N–C) groups is 1. The molecule has 142 valence electrons. The number of ether oxygens (including phenoxy) is 1. The van der Waals surface area contributed by atoms with Crippen LogP contribution in [-0.2, 0) is 4.74 Å². The molecule has 0 saturated heterocycles. The van der Waals surface area contributed by atoms with Gasteiger partial charge in [0.05, 0.1) is 6.54 Å². The highest BCUT2D eigenvalue weighted by Crippen LogP contribution is 2.28. The lowest BCUT2D eigenvalue weighted by Crippen LogP contribution is -2.20. The molecule has 0 N–H and O–H groups in total. The molecule has 1 rings (SSSR count). The maximum atomic E-state index is 6.07. The van der Waals surface area contributed by atoms with Crippen molar-refractivity contribution in [3.63, 3.8) is 0 Å². The van der Waals surface area contributed by atoms with E-state index in [0.29, 0.717) is 11.5 Å². The third kappa shape index (κ3) is 11.1. The van der Waals surface area contributed by atoms with Crippen molar-refractivity contribution < 1.29 is 4.74 Å². The van der Waals surface area contributed by atoms with E-state index in [-0.39, 0.29) is 0 Å². The minimum Gasteiger partial charge on any atom is -0.476 e. The van der Waals surface area contributed by atoms with E-state index in [4.69, 9.17) is 4.74 Å². The lowest BCUT2D eigenvalue weighted by molar-refractivity contribution is 0.167. The van der Waals surface area contributed by atoms with Gasteiger partial charge in [0.2, 0.25) is 0 Å². The van der Waals surface area contributed by atoms with Gasteiger partial charge in [0.15, 0.2) is 5.90 Å². The predicted molar refractivity (Wildman–Crippen MR) is 107 cm³/mol. The van der Waals surface area contributed by atoms with Crippen molar-refractivity contribution in [3.8, 4) is 0 Å². The third-order valence-corrected chi connectivity index (χ3v) is 4.89. The first-order chi connectivity index (χ1) is 11.4. The Balaban J connectivity index is 1.99. The summed E-state index contributed by atoms with van der Waals surface area (Å²) in [5.74, 6) is 1.75. The second-order valence-corrected chi connectivity index (χ2v) is 9.16. The summed E-state index contributed by atoms with van der Waals surface area (Å²) in [7, 11) is 0. The van der Waals surface area contributed by atoms with Gasteiger partial charge in [-0.15, -0.1) is 0 Å². The normalized spacial score (nSPS) is 19.2. The summed E-state index contributed by atoms with van der Waals surface area (Å²) in [6.07, 6.45) is 16.2. The summed E-state index contributed by atoms with van der Waals surface area (Å²) in [6.45, 7) is 12.5. The van der Waals surface area contributed by atoms with Crippen LogP contribution in [0, 0.1) is 11.3 Å². The second kappa shape index (κ2) is 11.9. The molecular formula is C22H43NO. The van der Waals surface area contributed by atoms with Gasteiger partial charge in [0, 0.05) is 6.42 Å². The molecule has 24 heavy (non-hydrogen) atoms. The Kier molecular flexibility index (Phi) is 10.7. The van der Waals surface area contributed by atoms with Gasteiger partial charge in [-0.2, -0.15) is 0 Å². The van der Waals surface area contributed by atoms with Gasteiger partial charge in [0.25, 0.3) is 0 Å². The van der Waals surface area contributed by atoms with Gasteiger partial charge < -0.3 is 4.74 Å². The molecule has 1 aliphatic heterocycles. The summed E-state index contributed by atoms with van der Waals surface area (Å²) in [5, 5.41) is 0. The fourth-order valence-electron chi connectivity index (χ4n) is 3.90. The first-order valence-electron chi connectivity index (χ1n) is 10.6. The molecule has 1 heterocycles. The average molecular weight is 338 g/mol. The molecule has 0 radical (unpaired) electrons. The minimum absolute atomic E-state index is 0.343. The van der Waals surface area contributed by atoms with Crippen LogP contribution < -0.4 is 0 Å². The van der Waals surface area contributed by atoms with Gasteiger partial charge in [-0.1, -0.05) is 86.0 Å². The fraction of sp³-hybridized carbons (Fsp3) is 0.955. The molecule has 0 fully saturated rings. The van der Waals surface area contributed by atoms with Gasteiger partial charge in [-0.3, -0.25) is 4.99 Å². The molecule has 0 unspecified atom stereocenters. The first kappa shape index (κ1) is 21.5. The van der Waals surface area contributed by atoms with Crippen LogP contribution in [0.4, 0.5) is 0 Å². The molecule has 0 spiro atoms. The molecule has 2 nitrogen and oxygen atoms in total. The molecule has 0 saturated carbocycles. The number of nitrogens with zero attached hydrogens (tertiary/aromatic N) is 1. The van der Waals surface area contributed by atoms with Gasteiger partial charge in [-0.25, -0.2) is 0 Å². The zero-order valence-electron chi connectivity index (χ0n) is 17.2. The monoisotopic (exact) mass is 337 g/mol. The SMILES string of the molecule is CCCCCCCCCCCC1=NC[C@@H](C[C@@H](C)CC(C)(C)C)O1. The Labute approximate surface area is 151 Å². The largest absolute Gasteiger partial charge is 0.476 e. The van der Waals surface area contributed by atoms with Gasteiger partial charge in [0.1, 0.15) is 6.10 Å². The van der Waals surface area contributed by atoms with Crippen LogP contribution in [0.2, 0.25) is 0 Å². The van der Waals surface area contributed by atoms with Crippen molar-refractivity contribution in [2.24, 2.45) is 16.3 Å². The predicted octanol–water partition coefficient (Wildman–Crippen LogP) is 7.17. The van der Waals surface area contributed by atoms with E-state index in [1.807, 2.05) is 0 Å². The van der Waals surface area contributed by atoms with E-state index in [1.54, 1.807) is 0 Å². The zero-order chi connectivity index (χ0) is 17.8. The number of hydrogen-bond donors (Lipinski definition) is 0. The Morgan fingerprint density at radius 2 is 1.58 bits per heavy atom. The van der Waals surface area contributed by atoms with E-state index in [9.17, 15) is 0 Å². The van der Waals surface area contributed by atoms with Crippen molar-refractivity contribution in [3.05, 3.63) is 0 Å². The Morgan fingerprint density at radius 1 is 1.00 bits per heavy atom. The van der Waals surface area contributed by atoms with Crippen molar-refractivity contribution in [1.82, 2.24) is 0 Å². The minimum atomic E-state index is 0.343. The molecule has 0 aliphatic carbocycles. The molecule has 0 aromatic heterocycles. The van der Waals surface area contributed by atoms with Crippen LogP contribution in [0.15, 0.2) is 4.99 Å². The smallest absolute Gasteiger partial charge is 0.183 e. The highest BCUT2D eigenvalue weighted by atomic mass is 16.5. The summed E-state index contributed by atoms with van der Waals surface area (Å²) in [5.41, 5.74) is 0.415. The Morgan fingerprint density at radius 3 is 2.17 bits per heavy atom.